The molecule has 0 saturated heterocycles. The van der Waals surface area contributed by atoms with Crippen molar-refractivity contribution >= 4 is 51.2 Å². The van der Waals surface area contributed by atoms with Gasteiger partial charge in [-0.25, -0.2) is 0 Å². The maximum Gasteiger partial charge on any atom is 0.319 e. The minimum atomic E-state index is -1.27. The lowest BCUT2D eigenvalue weighted by atomic mass is 9.78. The molecule has 1 aliphatic heterocycles. The van der Waals surface area contributed by atoms with E-state index in [1.807, 2.05) is 6.92 Å². The maximum atomic E-state index is 13.0. The van der Waals surface area contributed by atoms with Crippen LogP contribution in [-0.2, 0) is 19.1 Å². The number of allylic oxidation sites excluding steroid dienone is 1. The first-order valence-electron chi connectivity index (χ1n) is 10.8. The molecule has 9 nitrogen and oxygen atoms in total. The van der Waals surface area contributed by atoms with Gasteiger partial charge in [-0.2, -0.15) is 5.26 Å². The quantitative estimate of drug-likeness (QED) is 0.341. The van der Waals surface area contributed by atoms with Crippen molar-refractivity contribution in [2.45, 2.75) is 12.8 Å². The van der Waals surface area contributed by atoms with Gasteiger partial charge in [-0.05, 0) is 64.8 Å². The Labute approximate surface area is 221 Å². The van der Waals surface area contributed by atoms with Crippen molar-refractivity contribution in [3.63, 3.8) is 0 Å². The topological polar surface area (TPSA) is 127 Å². The van der Waals surface area contributed by atoms with Gasteiger partial charge < -0.3 is 24.8 Å². The second-order valence-corrected chi connectivity index (χ2v) is 9.35. The highest BCUT2D eigenvalue weighted by molar-refractivity contribution is 9.10. The number of ether oxygens (including phenoxy) is 3. The highest BCUT2D eigenvalue weighted by Crippen LogP contribution is 2.42. The molecule has 0 saturated carbocycles. The van der Waals surface area contributed by atoms with E-state index in [0.717, 1.165) is 11.8 Å². The first kappa shape index (κ1) is 27.1. The Kier molecular flexibility index (Phi) is 9.38. The molecule has 0 aromatic heterocycles. The van der Waals surface area contributed by atoms with Gasteiger partial charge in [0.2, 0.25) is 11.8 Å². The zero-order chi connectivity index (χ0) is 26.2. The van der Waals surface area contributed by atoms with Crippen LogP contribution in [0.25, 0.3) is 0 Å². The van der Waals surface area contributed by atoms with E-state index in [4.69, 9.17) is 14.2 Å². The van der Waals surface area contributed by atoms with Gasteiger partial charge in [0.25, 0.3) is 0 Å². The van der Waals surface area contributed by atoms with E-state index in [2.05, 4.69) is 32.6 Å². The molecule has 2 N–H and O–H groups in total. The van der Waals surface area contributed by atoms with E-state index in [1.165, 1.54) is 14.2 Å². The number of halogens is 1. The second kappa shape index (κ2) is 12.5. The maximum absolute atomic E-state index is 13.0. The van der Waals surface area contributed by atoms with Crippen LogP contribution < -0.4 is 20.1 Å². The molecule has 2 amide bonds. The van der Waals surface area contributed by atoms with Gasteiger partial charge in [0.1, 0.15) is 17.4 Å². The van der Waals surface area contributed by atoms with E-state index in [0.29, 0.717) is 33.8 Å². The van der Waals surface area contributed by atoms with Crippen molar-refractivity contribution in [1.82, 2.24) is 5.32 Å². The fraction of sp³-hybridized carbons (Fsp3) is 0.280. The largest absolute Gasteiger partial charge is 0.496 e. The normalized spacial score (nSPS) is 17.0. The van der Waals surface area contributed by atoms with Crippen LogP contribution in [0.4, 0.5) is 5.69 Å². The molecule has 2 aromatic rings. The zero-order valence-corrected chi connectivity index (χ0v) is 22.2. The van der Waals surface area contributed by atoms with Gasteiger partial charge in [0.05, 0.1) is 47.7 Å². The molecule has 0 bridgehead atoms. The molecule has 0 aliphatic carbocycles. The molecule has 0 spiro atoms. The number of benzene rings is 2. The number of carbonyl (C=O) groups excluding carboxylic acids is 3. The fourth-order valence-electron chi connectivity index (χ4n) is 3.69. The van der Waals surface area contributed by atoms with E-state index in [-0.39, 0.29) is 22.3 Å². The molecule has 2 aromatic carbocycles. The van der Waals surface area contributed by atoms with Crippen LogP contribution in [0, 0.1) is 17.2 Å². The van der Waals surface area contributed by atoms with Gasteiger partial charge >= 0.3 is 5.97 Å². The predicted octanol–water partition coefficient (Wildman–Crippen LogP) is 3.97. The standard InChI is InChI=1S/C25H24BrN3O6S/c1-4-35-16-8-6-15(7-9-16)28-20(30)13-36-24-17(12-27)21(22(23(31)29-24)25(32)34-3)14-5-10-19(33-2)18(26)11-14/h5-11,21-22H,4,13H2,1-3H3,(H,28,30)(H,29,31)/t21-,22-/m0/s1. The third-order valence-electron chi connectivity index (χ3n) is 5.32. The number of hydrogen-bond donors (Lipinski definition) is 2. The molecule has 11 heteroatoms. The van der Waals surface area contributed by atoms with E-state index >= 15 is 0 Å². The van der Waals surface area contributed by atoms with Gasteiger partial charge in [0.15, 0.2) is 0 Å². The molecule has 3 rings (SSSR count). The number of carbonyl (C=O) groups is 3. The summed E-state index contributed by atoms with van der Waals surface area (Å²) in [6.07, 6.45) is 0. The number of rotatable bonds is 9. The summed E-state index contributed by atoms with van der Waals surface area (Å²) in [6.45, 7) is 2.42. The van der Waals surface area contributed by atoms with Crippen molar-refractivity contribution in [3.8, 4) is 17.6 Å². The smallest absolute Gasteiger partial charge is 0.319 e. The van der Waals surface area contributed by atoms with Crippen LogP contribution >= 0.6 is 27.7 Å². The Balaban J connectivity index is 1.86. The summed E-state index contributed by atoms with van der Waals surface area (Å²) in [5.74, 6) is -2.73. The summed E-state index contributed by atoms with van der Waals surface area (Å²) in [6, 6.07) is 14.1. The zero-order valence-electron chi connectivity index (χ0n) is 19.8. The van der Waals surface area contributed by atoms with Gasteiger partial charge in [0, 0.05) is 11.6 Å². The lowest BCUT2D eigenvalue weighted by Gasteiger charge is -2.31. The average molecular weight is 574 g/mol. The predicted molar refractivity (Wildman–Crippen MR) is 138 cm³/mol. The summed E-state index contributed by atoms with van der Waals surface area (Å²) in [5.41, 5.74) is 1.28. The van der Waals surface area contributed by atoms with Crippen LogP contribution in [-0.4, -0.2) is 44.4 Å². The van der Waals surface area contributed by atoms with Crippen LogP contribution in [0.5, 0.6) is 11.5 Å². The lowest BCUT2D eigenvalue weighted by molar-refractivity contribution is -0.150. The molecule has 2 atom stereocenters. The Morgan fingerprint density at radius 3 is 2.50 bits per heavy atom. The van der Waals surface area contributed by atoms with Crippen molar-refractivity contribution in [3.05, 3.63) is 63.1 Å². The number of nitrogens with one attached hydrogen (secondary N) is 2. The Morgan fingerprint density at radius 1 is 1.19 bits per heavy atom. The molecule has 0 unspecified atom stereocenters. The van der Waals surface area contributed by atoms with E-state index < -0.39 is 23.7 Å². The third kappa shape index (κ3) is 6.19. The second-order valence-electron chi connectivity index (χ2n) is 7.51. The van der Waals surface area contributed by atoms with Crippen molar-refractivity contribution in [2.24, 2.45) is 5.92 Å². The monoisotopic (exact) mass is 573 g/mol. The minimum Gasteiger partial charge on any atom is -0.496 e. The number of hydrogen-bond acceptors (Lipinski definition) is 8. The average Bonchev–Trinajstić information content (AvgIpc) is 2.87. The summed E-state index contributed by atoms with van der Waals surface area (Å²) >= 11 is 4.41. The summed E-state index contributed by atoms with van der Waals surface area (Å²) in [4.78, 5) is 38.1. The van der Waals surface area contributed by atoms with Crippen molar-refractivity contribution in [2.75, 3.05) is 31.9 Å². The third-order valence-corrected chi connectivity index (χ3v) is 6.95. The molecule has 1 aliphatic rings. The van der Waals surface area contributed by atoms with Gasteiger partial charge in [-0.3, -0.25) is 14.4 Å². The number of esters is 1. The molecule has 188 valence electrons. The number of nitrogens with zero attached hydrogens (tertiary/aromatic N) is 1. The lowest BCUT2D eigenvalue weighted by Crippen LogP contribution is -2.44. The van der Waals surface area contributed by atoms with Crippen LogP contribution in [0.2, 0.25) is 0 Å². The number of thioether (sulfide) groups is 1. The first-order chi connectivity index (χ1) is 17.3. The van der Waals surface area contributed by atoms with Crippen LogP contribution in [0.1, 0.15) is 18.4 Å². The molecular formula is C25H24BrN3O6S. The summed E-state index contributed by atoms with van der Waals surface area (Å²) in [5, 5.41) is 15.6. The highest BCUT2D eigenvalue weighted by Gasteiger charge is 2.44. The SMILES string of the molecule is CCOc1ccc(NC(=O)CSC2=C(C#N)[C@H](c3ccc(OC)c(Br)c3)[C@H](C(=O)OC)C(=O)N2)cc1. The number of nitriles is 1. The number of methoxy groups -OCH3 is 2. The minimum absolute atomic E-state index is 0.0735. The number of anilines is 1. The fourth-order valence-corrected chi connectivity index (χ4v) is 5.10. The molecule has 1 heterocycles. The first-order valence-corrected chi connectivity index (χ1v) is 12.6. The van der Waals surface area contributed by atoms with Crippen LogP contribution in [0.3, 0.4) is 0 Å². The molecular weight excluding hydrogens is 550 g/mol. The van der Waals surface area contributed by atoms with Crippen molar-refractivity contribution in [1.29, 1.82) is 5.26 Å². The molecule has 36 heavy (non-hydrogen) atoms. The van der Waals surface area contributed by atoms with E-state index in [1.54, 1.807) is 42.5 Å². The highest BCUT2D eigenvalue weighted by atomic mass is 79.9. The molecule has 0 radical (unpaired) electrons. The van der Waals surface area contributed by atoms with Crippen LogP contribution in [0.15, 0.2) is 57.5 Å². The summed E-state index contributed by atoms with van der Waals surface area (Å²) in [7, 11) is 2.70. The Bertz CT molecular complexity index is 1230. The number of amides is 2. The van der Waals surface area contributed by atoms with E-state index in [9.17, 15) is 19.6 Å². The van der Waals surface area contributed by atoms with Gasteiger partial charge in [-0.15, -0.1) is 0 Å². The summed E-state index contributed by atoms with van der Waals surface area (Å²) < 4.78 is 16.1. The van der Waals surface area contributed by atoms with Gasteiger partial charge in [-0.1, -0.05) is 17.8 Å². The molecule has 0 fully saturated rings. The van der Waals surface area contributed by atoms with Crippen molar-refractivity contribution < 1.29 is 28.6 Å². The Hall–Kier alpha value is -3.49. The Morgan fingerprint density at radius 2 is 1.92 bits per heavy atom.